The summed E-state index contributed by atoms with van der Waals surface area (Å²) in [5.74, 6) is 2.20. The van der Waals surface area contributed by atoms with Crippen LogP contribution in [0.1, 0.15) is 43.0 Å². The number of halogens is 1. The third kappa shape index (κ3) is 5.63. The van der Waals surface area contributed by atoms with E-state index in [1.54, 1.807) is 0 Å². The van der Waals surface area contributed by atoms with Crippen molar-refractivity contribution in [3.05, 3.63) is 29.8 Å². The number of likely N-dealkylation sites (tertiary alicyclic amines) is 1. The fourth-order valence-corrected chi connectivity index (χ4v) is 4.40. The maximum absolute atomic E-state index is 12.6. The third-order valence-electron chi connectivity index (χ3n) is 4.91. The normalized spacial score (nSPS) is 23.0. The smallest absolute Gasteiger partial charge is 0.254 e. The van der Waals surface area contributed by atoms with E-state index in [1.807, 2.05) is 40.9 Å². The van der Waals surface area contributed by atoms with E-state index in [0.717, 1.165) is 43.1 Å². The van der Waals surface area contributed by atoms with E-state index in [1.165, 1.54) is 6.42 Å². The van der Waals surface area contributed by atoms with Crippen LogP contribution in [0.4, 0.5) is 5.69 Å². The van der Waals surface area contributed by atoms with E-state index in [-0.39, 0.29) is 30.3 Å². The van der Waals surface area contributed by atoms with Crippen molar-refractivity contribution in [1.29, 1.82) is 0 Å². The SMILES string of the molecule is CC1CCCCN1C(=O)c1ccc(NC(=O)CC2CSCCN2)cc1.Cl. The molecule has 3 rings (SSSR count). The number of piperidine rings is 1. The van der Waals surface area contributed by atoms with Crippen molar-refractivity contribution in [1.82, 2.24) is 10.2 Å². The van der Waals surface area contributed by atoms with Crippen molar-refractivity contribution in [2.45, 2.75) is 44.7 Å². The van der Waals surface area contributed by atoms with Crippen molar-refractivity contribution in [3.63, 3.8) is 0 Å². The zero-order chi connectivity index (χ0) is 17.6. The van der Waals surface area contributed by atoms with Crippen LogP contribution >= 0.6 is 24.2 Å². The number of anilines is 1. The number of amides is 2. The minimum Gasteiger partial charge on any atom is -0.336 e. The molecule has 5 nitrogen and oxygen atoms in total. The predicted molar refractivity (Wildman–Crippen MR) is 110 cm³/mol. The highest BCUT2D eigenvalue weighted by atomic mass is 35.5. The molecule has 2 N–H and O–H groups in total. The van der Waals surface area contributed by atoms with Crippen molar-refractivity contribution in [3.8, 4) is 0 Å². The zero-order valence-electron chi connectivity index (χ0n) is 15.2. The molecule has 7 heteroatoms. The number of nitrogens with one attached hydrogen (secondary N) is 2. The van der Waals surface area contributed by atoms with Crippen LogP contribution in [0, 0.1) is 0 Å². The number of rotatable bonds is 4. The number of hydrogen-bond acceptors (Lipinski definition) is 4. The van der Waals surface area contributed by atoms with E-state index >= 15 is 0 Å². The number of nitrogens with zero attached hydrogens (tertiary/aromatic N) is 1. The quantitative estimate of drug-likeness (QED) is 0.819. The Morgan fingerprint density at radius 1 is 1.27 bits per heavy atom. The van der Waals surface area contributed by atoms with Crippen LogP contribution in [0.25, 0.3) is 0 Å². The van der Waals surface area contributed by atoms with Crippen LogP contribution in [0.5, 0.6) is 0 Å². The summed E-state index contributed by atoms with van der Waals surface area (Å²) in [6.07, 6.45) is 3.84. The Labute approximate surface area is 166 Å². The van der Waals surface area contributed by atoms with Gasteiger partial charge in [0.05, 0.1) is 0 Å². The molecule has 1 aromatic rings. The molecule has 2 unspecified atom stereocenters. The second-order valence-electron chi connectivity index (χ2n) is 6.90. The van der Waals surface area contributed by atoms with Gasteiger partial charge in [0, 0.05) is 54.4 Å². The van der Waals surface area contributed by atoms with Gasteiger partial charge in [0.2, 0.25) is 5.91 Å². The van der Waals surface area contributed by atoms with Gasteiger partial charge in [0.15, 0.2) is 0 Å². The van der Waals surface area contributed by atoms with Gasteiger partial charge in [0.1, 0.15) is 0 Å². The lowest BCUT2D eigenvalue weighted by atomic mass is 10.0. The molecule has 2 atom stereocenters. The fourth-order valence-electron chi connectivity index (χ4n) is 3.45. The summed E-state index contributed by atoms with van der Waals surface area (Å²) >= 11 is 1.89. The van der Waals surface area contributed by atoms with Gasteiger partial charge in [-0.3, -0.25) is 9.59 Å². The summed E-state index contributed by atoms with van der Waals surface area (Å²) in [7, 11) is 0. The van der Waals surface area contributed by atoms with E-state index in [2.05, 4.69) is 17.6 Å². The first kappa shape index (κ1) is 21.1. The average Bonchev–Trinajstić information content (AvgIpc) is 2.63. The Balaban J connectivity index is 0.00000243. The number of carbonyl (C=O) groups excluding carboxylic acids is 2. The lowest BCUT2D eigenvalue weighted by molar-refractivity contribution is -0.116. The van der Waals surface area contributed by atoms with Crippen molar-refractivity contribution >= 4 is 41.7 Å². The molecular formula is C19H28ClN3O2S. The number of carbonyl (C=O) groups is 2. The minimum absolute atomic E-state index is 0. The molecule has 2 saturated heterocycles. The molecular weight excluding hydrogens is 370 g/mol. The Morgan fingerprint density at radius 2 is 2.04 bits per heavy atom. The van der Waals surface area contributed by atoms with Crippen molar-refractivity contribution in [2.24, 2.45) is 0 Å². The van der Waals surface area contributed by atoms with Crippen molar-refractivity contribution < 1.29 is 9.59 Å². The minimum atomic E-state index is 0. The highest BCUT2D eigenvalue weighted by molar-refractivity contribution is 7.99. The molecule has 0 radical (unpaired) electrons. The molecule has 144 valence electrons. The third-order valence-corrected chi connectivity index (χ3v) is 6.04. The monoisotopic (exact) mass is 397 g/mol. The fraction of sp³-hybridized carbons (Fsp3) is 0.579. The molecule has 0 saturated carbocycles. The topological polar surface area (TPSA) is 61.4 Å². The molecule has 0 spiro atoms. The summed E-state index contributed by atoms with van der Waals surface area (Å²) in [5, 5.41) is 6.30. The Kier molecular flexibility index (Phi) is 8.25. The molecule has 2 amide bonds. The molecule has 0 bridgehead atoms. The summed E-state index contributed by atoms with van der Waals surface area (Å²) in [6, 6.07) is 7.83. The lowest BCUT2D eigenvalue weighted by Crippen LogP contribution is -2.42. The summed E-state index contributed by atoms with van der Waals surface area (Å²) in [6.45, 7) is 3.92. The standard InChI is InChI=1S/C19H27N3O2S.ClH/c1-14-4-2-3-10-22(14)19(24)15-5-7-16(8-6-15)21-18(23)12-17-13-25-11-9-20-17;/h5-8,14,17,20H,2-4,9-13H2,1H3,(H,21,23);1H. The van der Waals surface area contributed by atoms with E-state index in [9.17, 15) is 9.59 Å². The van der Waals surface area contributed by atoms with E-state index < -0.39 is 0 Å². The van der Waals surface area contributed by atoms with Gasteiger partial charge in [-0.2, -0.15) is 11.8 Å². The molecule has 2 heterocycles. The largest absolute Gasteiger partial charge is 0.336 e. The highest BCUT2D eigenvalue weighted by Gasteiger charge is 2.24. The van der Waals surface area contributed by atoms with Crippen molar-refractivity contribution in [2.75, 3.05) is 29.9 Å². The van der Waals surface area contributed by atoms with Gasteiger partial charge >= 0.3 is 0 Å². The molecule has 0 aromatic heterocycles. The number of hydrogen-bond donors (Lipinski definition) is 2. The molecule has 2 aliphatic rings. The molecule has 1 aromatic carbocycles. The highest BCUT2D eigenvalue weighted by Crippen LogP contribution is 2.20. The van der Waals surface area contributed by atoms with Gasteiger partial charge in [-0.05, 0) is 50.5 Å². The Morgan fingerprint density at radius 3 is 2.69 bits per heavy atom. The summed E-state index contributed by atoms with van der Waals surface area (Å²) in [4.78, 5) is 26.8. The maximum atomic E-state index is 12.6. The first-order chi connectivity index (χ1) is 12.1. The summed E-state index contributed by atoms with van der Waals surface area (Å²) in [5.41, 5.74) is 1.44. The maximum Gasteiger partial charge on any atom is 0.254 e. The first-order valence-electron chi connectivity index (χ1n) is 9.15. The van der Waals surface area contributed by atoms with Gasteiger partial charge in [-0.1, -0.05) is 0 Å². The van der Waals surface area contributed by atoms with Gasteiger partial charge in [-0.25, -0.2) is 0 Å². The molecule has 26 heavy (non-hydrogen) atoms. The molecule has 0 aliphatic carbocycles. The van der Waals surface area contributed by atoms with Crippen LogP contribution in [0.3, 0.4) is 0 Å². The van der Waals surface area contributed by atoms with E-state index in [4.69, 9.17) is 0 Å². The first-order valence-corrected chi connectivity index (χ1v) is 10.3. The van der Waals surface area contributed by atoms with Crippen LogP contribution in [-0.2, 0) is 4.79 Å². The van der Waals surface area contributed by atoms with Gasteiger partial charge in [0.25, 0.3) is 5.91 Å². The zero-order valence-corrected chi connectivity index (χ0v) is 16.8. The summed E-state index contributed by atoms with van der Waals surface area (Å²) < 4.78 is 0. The van der Waals surface area contributed by atoms with Crippen LogP contribution in [0.15, 0.2) is 24.3 Å². The molecule has 2 aliphatic heterocycles. The van der Waals surface area contributed by atoms with Crippen LogP contribution in [0.2, 0.25) is 0 Å². The second kappa shape index (κ2) is 10.2. The second-order valence-corrected chi connectivity index (χ2v) is 8.05. The van der Waals surface area contributed by atoms with Gasteiger partial charge in [-0.15, -0.1) is 12.4 Å². The van der Waals surface area contributed by atoms with Crippen LogP contribution in [-0.4, -0.2) is 53.4 Å². The number of thioether (sulfide) groups is 1. The van der Waals surface area contributed by atoms with Crippen LogP contribution < -0.4 is 10.6 Å². The van der Waals surface area contributed by atoms with Gasteiger partial charge < -0.3 is 15.5 Å². The van der Waals surface area contributed by atoms with E-state index in [0.29, 0.717) is 18.0 Å². The molecule has 2 fully saturated rings. The Bertz CT molecular complexity index is 605. The average molecular weight is 398 g/mol. The predicted octanol–water partition coefficient (Wildman–Crippen LogP) is 3.16. The Hall–Kier alpha value is -1.24. The number of benzene rings is 1. The lowest BCUT2D eigenvalue weighted by Gasteiger charge is -2.33.